The van der Waals surface area contributed by atoms with E-state index in [0.717, 1.165) is 37.9 Å². The van der Waals surface area contributed by atoms with Gasteiger partial charge in [0.25, 0.3) is 0 Å². The smallest absolute Gasteiger partial charge is 0.233 e. The molecule has 1 aliphatic carbocycles. The number of rotatable bonds is 3. The van der Waals surface area contributed by atoms with E-state index in [0.29, 0.717) is 11.1 Å². The monoisotopic (exact) mass is 314 g/mol. The van der Waals surface area contributed by atoms with Crippen LogP contribution in [-0.2, 0) is 10.2 Å². The number of carbonyl (C=O) groups is 1. The van der Waals surface area contributed by atoms with Crippen LogP contribution in [0, 0.1) is 0 Å². The summed E-state index contributed by atoms with van der Waals surface area (Å²) >= 11 is 6.06. The van der Waals surface area contributed by atoms with Crippen LogP contribution in [0.3, 0.4) is 0 Å². The van der Waals surface area contributed by atoms with Gasteiger partial charge in [0, 0.05) is 24.7 Å². The van der Waals surface area contributed by atoms with Crippen LogP contribution in [0.5, 0.6) is 0 Å². The molecule has 1 atom stereocenters. The van der Waals surface area contributed by atoms with Crippen molar-refractivity contribution in [2.24, 2.45) is 0 Å². The van der Waals surface area contributed by atoms with E-state index < -0.39 is 0 Å². The number of nitrogens with zero attached hydrogens (tertiary/aromatic N) is 1. The summed E-state index contributed by atoms with van der Waals surface area (Å²) in [4.78, 5) is 14.7. The second-order valence-electron chi connectivity index (χ2n) is 5.66. The van der Waals surface area contributed by atoms with Gasteiger partial charge in [0.05, 0.1) is 5.41 Å². The van der Waals surface area contributed by atoms with Crippen LogP contribution in [0.25, 0.3) is 0 Å². The summed E-state index contributed by atoms with van der Waals surface area (Å²) in [5, 5.41) is 4.02. The third kappa shape index (κ3) is 2.67. The Hall–Kier alpha value is -0.770. The molecule has 20 heavy (non-hydrogen) atoms. The normalized spacial score (nSPS) is 23.0. The van der Waals surface area contributed by atoms with Crippen LogP contribution in [0.1, 0.15) is 24.8 Å². The topological polar surface area (TPSA) is 32.3 Å². The van der Waals surface area contributed by atoms with Crippen molar-refractivity contribution in [2.45, 2.75) is 30.7 Å². The fourth-order valence-electron chi connectivity index (χ4n) is 3.01. The summed E-state index contributed by atoms with van der Waals surface area (Å²) in [5.41, 5.74) is 0.769. The van der Waals surface area contributed by atoms with Crippen molar-refractivity contribution in [2.75, 3.05) is 20.1 Å². The Morgan fingerprint density at radius 1 is 1.45 bits per heavy atom. The predicted octanol–water partition coefficient (Wildman–Crippen LogP) is 2.61. The van der Waals surface area contributed by atoms with Gasteiger partial charge in [-0.1, -0.05) is 23.7 Å². The number of hydrogen-bond donors (Lipinski definition) is 1. The Kier molecular flexibility index (Phi) is 4.62. The van der Waals surface area contributed by atoms with Crippen LogP contribution in [-0.4, -0.2) is 37.0 Å². The SMILES string of the molecule is CN(C(=O)C1(c2cccc(Cl)c2)CC1)C1CCNC1.Cl. The first-order valence-corrected chi connectivity index (χ1v) is 7.25. The second kappa shape index (κ2) is 5.92. The average Bonchev–Trinajstić information content (AvgIpc) is 3.05. The third-order valence-corrected chi connectivity index (χ3v) is 4.67. The molecule has 1 aromatic carbocycles. The first kappa shape index (κ1) is 15.6. The van der Waals surface area contributed by atoms with E-state index >= 15 is 0 Å². The quantitative estimate of drug-likeness (QED) is 0.930. The lowest BCUT2D eigenvalue weighted by Gasteiger charge is -2.28. The minimum absolute atomic E-state index is 0. The maximum Gasteiger partial charge on any atom is 0.233 e. The third-order valence-electron chi connectivity index (χ3n) is 4.44. The Bertz CT molecular complexity index is 496. The summed E-state index contributed by atoms with van der Waals surface area (Å²) in [6.45, 7) is 1.92. The molecular weight excluding hydrogens is 295 g/mol. The maximum absolute atomic E-state index is 12.8. The maximum atomic E-state index is 12.8. The summed E-state index contributed by atoms with van der Waals surface area (Å²) in [6.07, 6.45) is 2.93. The van der Waals surface area contributed by atoms with Crippen molar-refractivity contribution in [3.05, 3.63) is 34.9 Å². The zero-order valence-corrected chi connectivity index (χ0v) is 13.1. The van der Waals surface area contributed by atoms with Gasteiger partial charge in [-0.2, -0.15) is 0 Å². The van der Waals surface area contributed by atoms with Gasteiger partial charge in [-0.15, -0.1) is 12.4 Å². The minimum atomic E-state index is -0.303. The summed E-state index contributed by atoms with van der Waals surface area (Å²) in [5.74, 6) is 0.253. The molecule has 1 saturated heterocycles. The van der Waals surface area contributed by atoms with E-state index in [-0.39, 0.29) is 23.7 Å². The van der Waals surface area contributed by atoms with Gasteiger partial charge < -0.3 is 10.2 Å². The Balaban J connectivity index is 0.00000147. The number of carbonyl (C=O) groups excluding carboxylic acids is 1. The van der Waals surface area contributed by atoms with Crippen LogP contribution in [0.4, 0.5) is 0 Å². The van der Waals surface area contributed by atoms with E-state index in [1.54, 1.807) is 0 Å². The molecule has 3 rings (SSSR count). The molecule has 3 nitrogen and oxygen atoms in total. The molecule has 1 aliphatic heterocycles. The fraction of sp³-hybridized carbons (Fsp3) is 0.533. The lowest BCUT2D eigenvalue weighted by Crippen LogP contribution is -2.44. The van der Waals surface area contributed by atoms with Crippen molar-refractivity contribution in [3.8, 4) is 0 Å². The van der Waals surface area contributed by atoms with Gasteiger partial charge in [-0.25, -0.2) is 0 Å². The standard InChI is InChI=1S/C15H19ClN2O.ClH/c1-18(13-5-8-17-10-13)14(19)15(6-7-15)11-3-2-4-12(16)9-11;/h2-4,9,13,17H,5-8,10H2,1H3;1H. The Labute approximate surface area is 131 Å². The van der Waals surface area contributed by atoms with Gasteiger partial charge in [0.2, 0.25) is 5.91 Å². The van der Waals surface area contributed by atoms with Crippen molar-refractivity contribution >= 4 is 29.9 Å². The van der Waals surface area contributed by atoms with Gasteiger partial charge >= 0.3 is 0 Å². The molecule has 1 N–H and O–H groups in total. The van der Waals surface area contributed by atoms with Crippen molar-refractivity contribution in [3.63, 3.8) is 0 Å². The van der Waals surface area contributed by atoms with Crippen LogP contribution in [0.15, 0.2) is 24.3 Å². The number of likely N-dealkylation sites (N-methyl/N-ethyl adjacent to an activating group) is 1. The van der Waals surface area contributed by atoms with E-state index in [2.05, 4.69) is 5.32 Å². The highest BCUT2D eigenvalue weighted by molar-refractivity contribution is 6.30. The minimum Gasteiger partial charge on any atom is -0.341 e. The fourth-order valence-corrected chi connectivity index (χ4v) is 3.20. The largest absolute Gasteiger partial charge is 0.341 e. The van der Waals surface area contributed by atoms with Crippen LogP contribution < -0.4 is 5.32 Å². The Morgan fingerprint density at radius 2 is 2.20 bits per heavy atom. The summed E-state index contributed by atoms with van der Waals surface area (Å²) < 4.78 is 0. The van der Waals surface area contributed by atoms with Crippen molar-refractivity contribution < 1.29 is 4.79 Å². The molecular formula is C15H20Cl2N2O. The summed E-state index contributed by atoms with van der Waals surface area (Å²) in [7, 11) is 1.94. The molecule has 1 amide bonds. The molecule has 2 fully saturated rings. The predicted molar refractivity (Wildman–Crippen MR) is 83.7 cm³/mol. The van der Waals surface area contributed by atoms with Crippen LogP contribution in [0.2, 0.25) is 5.02 Å². The zero-order valence-electron chi connectivity index (χ0n) is 11.6. The lowest BCUT2D eigenvalue weighted by molar-refractivity contribution is -0.134. The highest BCUT2D eigenvalue weighted by Gasteiger charge is 2.53. The Morgan fingerprint density at radius 3 is 2.75 bits per heavy atom. The highest BCUT2D eigenvalue weighted by Crippen LogP contribution is 2.50. The first-order valence-electron chi connectivity index (χ1n) is 6.87. The van der Waals surface area contributed by atoms with Crippen molar-refractivity contribution in [1.82, 2.24) is 10.2 Å². The number of hydrogen-bond acceptors (Lipinski definition) is 2. The van der Waals surface area contributed by atoms with Gasteiger partial charge in [0.1, 0.15) is 0 Å². The summed E-state index contributed by atoms with van der Waals surface area (Å²) in [6, 6.07) is 8.09. The first-order chi connectivity index (χ1) is 9.13. The molecule has 0 aromatic heterocycles. The highest BCUT2D eigenvalue weighted by atomic mass is 35.5. The average molecular weight is 315 g/mol. The molecule has 110 valence electrons. The molecule has 0 bridgehead atoms. The number of amides is 1. The van der Waals surface area contributed by atoms with E-state index in [1.165, 1.54) is 0 Å². The van der Waals surface area contributed by atoms with Crippen molar-refractivity contribution in [1.29, 1.82) is 0 Å². The molecule has 1 heterocycles. The molecule has 1 unspecified atom stereocenters. The number of benzene rings is 1. The molecule has 5 heteroatoms. The van der Waals surface area contributed by atoms with Gasteiger partial charge in [0.15, 0.2) is 0 Å². The van der Waals surface area contributed by atoms with Gasteiger partial charge in [-0.3, -0.25) is 4.79 Å². The molecule has 1 saturated carbocycles. The number of nitrogens with one attached hydrogen (secondary N) is 1. The molecule has 0 radical (unpaired) electrons. The lowest BCUT2D eigenvalue weighted by atomic mass is 9.94. The van der Waals surface area contributed by atoms with Crippen LogP contribution >= 0.6 is 24.0 Å². The molecule has 1 aromatic rings. The second-order valence-corrected chi connectivity index (χ2v) is 6.09. The van der Waals surface area contributed by atoms with E-state index in [4.69, 9.17) is 11.6 Å². The van der Waals surface area contributed by atoms with Gasteiger partial charge in [-0.05, 0) is 43.5 Å². The van der Waals surface area contributed by atoms with E-state index in [9.17, 15) is 4.79 Å². The van der Waals surface area contributed by atoms with E-state index in [1.807, 2.05) is 36.2 Å². The zero-order chi connectivity index (χ0) is 13.5. The molecule has 0 spiro atoms. The number of halogens is 2. The molecule has 2 aliphatic rings.